The zero-order valence-corrected chi connectivity index (χ0v) is 18.6. The van der Waals surface area contributed by atoms with E-state index in [-0.39, 0.29) is 12.3 Å². The third kappa shape index (κ3) is 8.86. The van der Waals surface area contributed by atoms with E-state index < -0.39 is 66.3 Å². The van der Waals surface area contributed by atoms with Crippen molar-refractivity contribution in [3.8, 4) is 0 Å². The second kappa shape index (κ2) is 12.5. The molecule has 5 atom stereocenters. The molecular formula is C19H31N7O7. The molecule has 0 fully saturated rings. The van der Waals surface area contributed by atoms with Crippen LogP contribution in [0.5, 0.6) is 0 Å². The van der Waals surface area contributed by atoms with E-state index in [1.54, 1.807) is 13.8 Å². The van der Waals surface area contributed by atoms with E-state index in [4.69, 9.17) is 11.5 Å². The summed E-state index contributed by atoms with van der Waals surface area (Å²) >= 11 is 0. The van der Waals surface area contributed by atoms with Crippen molar-refractivity contribution in [2.75, 3.05) is 0 Å². The maximum Gasteiger partial charge on any atom is 0.326 e. The number of amides is 4. The van der Waals surface area contributed by atoms with Gasteiger partial charge in [0, 0.05) is 18.3 Å². The number of aromatic amines is 1. The van der Waals surface area contributed by atoms with Gasteiger partial charge < -0.3 is 42.6 Å². The Labute approximate surface area is 189 Å². The molecule has 0 spiro atoms. The number of carboxylic acids is 1. The summed E-state index contributed by atoms with van der Waals surface area (Å²) < 4.78 is 0. The van der Waals surface area contributed by atoms with Gasteiger partial charge in [-0.15, -0.1) is 0 Å². The number of nitrogens with two attached hydrogens (primary N) is 2. The molecule has 14 nitrogen and oxygen atoms in total. The average Bonchev–Trinajstić information content (AvgIpc) is 3.22. The normalized spacial score (nSPS) is 15.6. The van der Waals surface area contributed by atoms with Crippen molar-refractivity contribution in [1.29, 1.82) is 0 Å². The number of primary amides is 1. The van der Waals surface area contributed by atoms with Gasteiger partial charge in [0.1, 0.15) is 18.1 Å². The molecule has 0 aliphatic rings. The minimum atomic E-state index is -1.59. The smallest absolute Gasteiger partial charge is 0.326 e. The minimum absolute atomic E-state index is 0.130. The lowest BCUT2D eigenvalue weighted by Crippen LogP contribution is -2.60. The minimum Gasteiger partial charge on any atom is -0.480 e. The first-order valence-corrected chi connectivity index (χ1v) is 10.2. The van der Waals surface area contributed by atoms with Gasteiger partial charge in [-0.25, -0.2) is 9.78 Å². The Kier molecular flexibility index (Phi) is 10.4. The molecule has 0 saturated carbocycles. The second-order valence-corrected chi connectivity index (χ2v) is 7.91. The summed E-state index contributed by atoms with van der Waals surface area (Å²) in [7, 11) is 0. The molecule has 10 N–H and O–H groups in total. The second-order valence-electron chi connectivity index (χ2n) is 7.91. The lowest BCUT2D eigenvalue weighted by atomic mass is 10.0. The molecule has 14 heteroatoms. The average molecular weight is 469 g/mol. The lowest BCUT2D eigenvalue weighted by molar-refractivity contribution is -0.143. The quantitative estimate of drug-likeness (QED) is 0.144. The number of aliphatic hydroxyl groups is 1. The number of nitrogens with zero attached hydrogens (tertiary/aromatic N) is 1. The molecule has 1 rings (SSSR count). The van der Waals surface area contributed by atoms with Crippen LogP contribution in [0.15, 0.2) is 12.5 Å². The predicted octanol–water partition coefficient (Wildman–Crippen LogP) is -3.27. The molecule has 0 bridgehead atoms. The molecule has 0 aromatic carbocycles. The number of hydrogen-bond donors (Lipinski definition) is 8. The summed E-state index contributed by atoms with van der Waals surface area (Å²) in [6.45, 7) is 4.57. The molecule has 1 aromatic heterocycles. The van der Waals surface area contributed by atoms with Crippen molar-refractivity contribution in [2.24, 2.45) is 17.4 Å². The van der Waals surface area contributed by atoms with Gasteiger partial charge >= 0.3 is 5.97 Å². The van der Waals surface area contributed by atoms with Gasteiger partial charge in [0.05, 0.1) is 24.9 Å². The van der Waals surface area contributed by atoms with Gasteiger partial charge in [0.15, 0.2) is 0 Å². The van der Waals surface area contributed by atoms with E-state index in [2.05, 4.69) is 25.9 Å². The van der Waals surface area contributed by atoms with Crippen molar-refractivity contribution >= 4 is 29.6 Å². The first-order chi connectivity index (χ1) is 15.3. The van der Waals surface area contributed by atoms with E-state index in [0.29, 0.717) is 5.69 Å². The first kappa shape index (κ1) is 27.5. The maximum absolute atomic E-state index is 12.7. The molecule has 184 valence electrons. The van der Waals surface area contributed by atoms with Crippen LogP contribution >= 0.6 is 0 Å². The maximum atomic E-state index is 12.7. The number of aliphatic carboxylic acids is 1. The van der Waals surface area contributed by atoms with E-state index in [9.17, 15) is 34.2 Å². The Bertz CT molecular complexity index is 842. The van der Waals surface area contributed by atoms with Crippen molar-refractivity contribution in [3.63, 3.8) is 0 Å². The molecule has 5 unspecified atom stereocenters. The molecule has 33 heavy (non-hydrogen) atoms. The molecule has 0 aliphatic carbocycles. The molecule has 1 heterocycles. The number of hydrogen-bond acceptors (Lipinski definition) is 8. The number of carbonyl (C=O) groups is 5. The molecular weight excluding hydrogens is 438 g/mol. The van der Waals surface area contributed by atoms with Crippen LogP contribution in [-0.2, 0) is 30.4 Å². The molecule has 0 saturated heterocycles. The van der Waals surface area contributed by atoms with Gasteiger partial charge in [-0.05, 0) is 12.8 Å². The van der Waals surface area contributed by atoms with E-state index in [1.807, 2.05) is 0 Å². The summed E-state index contributed by atoms with van der Waals surface area (Å²) in [5.74, 6) is -5.21. The summed E-state index contributed by atoms with van der Waals surface area (Å²) in [5.41, 5.74) is 11.3. The summed E-state index contributed by atoms with van der Waals surface area (Å²) in [5, 5.41) is 26.2. The van der Waals surface area contributed by atoms with Crippen molar-refractivity contribution in [2.45, 2.75) is 63.9 Å². The van der Waals surface area contributed by atoms with Gasteiger partial charge in [-0.1, -0.05) is 13.8 Å². The van der Waals surface area contributed by atoms with Crippen LogP contribution in [0.2, 0.25) is 0 Å². The number of carboxylic acid groups (broad SMARTS) is 1. The Morgan fingerprint density at radius 2 is 1.64 bits per heavy atom. The largest absolute Gasteiger partial charge is 0.480 e. The zero-order chi connectivity index (χ0) is 25.3. The Hall–Kier alpha value is -3.52. The Balaban J connectivity index is 2.95. The fourth-order valence-corrected chi connectivity index (χ4v) is 2.72. The predicted molar refractivity (Wildman–Crippen MR) is 114 cm³/mol. The van der Waals surface area contributed by atoms with Crippen LogP contribution in [-0.4, -0.2) is 80.1 Å². The van der Waals surface area contributed by atoms with Crippen LogP contribution < -0.4 is 27.4 Å². The Morgan fingerprint density at radius 1 is 1.03 bits per heavy atom. The number of nitrogens with one attached hydrogen (secondary N) is 4. The van der Waals surface area contributed by atoms with E-state index >= 15 is 0 Å². The number of rotatable bonds is 13. The molecule has 4 amide bonds. The van der Waals surface area contributed by atoms with E-state index in [0.717, 1.165) is 0 Å². The highest BCUT2D eigenvalue weighted by Crippen LogP contribution is 2.04. The summed E-state index contributed by atoms with van der Waals surface area (Å²) in [6.07, 6.45) is 0.559. The number of aromatic nitrogens is 2. The Morgan fingerprint density at radius 3 is 2.09 bits per heavy atom. The molecule has 0 radical (unpaired) electrons. The number of H-pyrrole nitrogens is 1. The number of carbonyl (C=O) groups excluding carboxylic acids is 4. The summed E-state index contributed by atoms with van der Waals surface area (Å²) in [6, 6.07) is -5.41. The van der Waals surface area contributed by atoms with Gasteiger partial charge in [0.2, 0.25) is 23.6 Å². The third-order valence-corrected chi connectivity index (χ3v) is 4.72. The first-order valence-electron chi connectivity index (χ1n) is 10.2. The SMILES string of the molecule is CC(C)C(N)C(=O)NC(CC(N)=O)C(=O)NC(C(=O)NC(Cc1cnc[nH]1)C(=O)O)C(C)O. The van der Waals surface area contributed by atoms with Gasteiger partial charge in [-0.2, -0.15) is 0 Å². The van der Waals surface area contributed by atoms with E-state index in [1.165, 1.54) is 19.4 Å². The third-order valence-electron chi connectivity index (χ3n) is 4.72. The van der Waals surface area contributed by atoms with Crippen LogP contribution in [0.25, 0.3) is 0 Å². The monoisotopic (exact) mass is 469 g/mol. The van der Waals surface area contributed by atoms with Crippen LogP contribution in [0, 0.1) is 5.92 Å². The van der Waals surface area contributed by atoms with Crippen LogP contribution in [0.3, 0.4) is 0 Å². The standard InChI is InChI=1S/C19H31N7O7/c1-8(2)14(21)17(30)24-11(5-13(20)28)16(29)26-15(9(3)27)18(31)25-12(19(32)33)4-10-6-22-7-23-10/h6-9,11-12,14-15,27H,4-5,21H2,1-3H3,(H2,20,28)(H,22,23)(H,24,30)(H,25,31)(H,26,29)(H,32,33). The fourth-order valence-electron chi connectivity index (χ4n) is 2.72. The van der Waals surface area contributed by atoms with Crippen molar-refractivity contribution in [3.05, 3.63) is 18.2 Å². The van der Waals surface area contributed by atoms with Gasteiger partial charge in [0.25, 0.3) is 0 Å². The van der Waals surface area contributed by atoms with Gasteiger partial charge in [-0.3, -0.25) is 19.2 Å². The van der Waals surface area contributed by atoms with Crippen LogP contribution in [0.4, 0.5) is 0 Å². The number of aliphatic hydroxyl groups excluding tert-OH is 1. The highest BCUT2D eigenvalue weighted by atomic mass is 16.4. The summed E-state index contributed by atoms with van der Waals surface area (Å²) in [4.78, 5) is 67.0. The topological polar surface area (TPSA) is 243 Å². The highest BCUT2D eigenvalue weighted by molar-refractivity contribution is 5.96. The number of imidazole rings is 1. The van der Waals surface area contributed by atoms with Crippen LogP contribution in [0.1, 0.15) is 32.9 Å². The molecule has 1 aromatic rings. The fraction of sp³-hybridized carbons (Fsp3) is 0.579. The molecule has 0 aliphatic heterocycles. The lowest BCUT2D eigenvalue weighted by Gasteiger charge is -2.26. The van der Waals surface area contributed by atoms with Crippen molar-refractivity contribution in [1.82, 2.24) is 25.9 Å². The highest BCUT2D eigenvalue weighted by Gasteiger charge is 2.33. The zero-order valence-electron chi connectivity index (χ0n) is 18.6. The van der Waals surface area contributed by atoms with Crippen molar-refractivity contribution < 1.29 is 34.2 Å².